The molecule has 0 heterocycles. The van der Waals surface area contributed by atoms with Crippen molar-refractivity contribution in [2.45, 2.75) is 52.0 Å². The van der Waals surface area contributed by atoms with E-state index >= 15 is 0 Å². The molecule has 2 unspecified atom stereocenters. The molecule has 0 spiro atoms. The van der Waals surface area contributed by atoms with Gasteiger partial charge in [-0.15, -0.1) is 0 Å². The zero-order chi connectivity index (χ0) is 10.4. The summed E-state index contributed by atoms with van der Waals surface area (Å²) in [6.45, 7) is 8.15. The van der Waals surface area contributed by atoms with Gasteiger partial charge in [0.05, 0.1) is 0 Å². The van der Waals surface area contributed by atoms with Crippen LogP contribution in [0.5, 0.6) is 0 Å². The van der Waals surface area contributed by atoms with Gasteiger partial charge in [-0.25, -0.2) is 0 Å². The Morgan fingerprint density at radius 3 is 2.14 bits per heavy atom. The van der Waals surface area contributed by atoms with Gasteiger partial charge in [-0.05, 0) is 26.2 Å². The largest absolute Gasteiger partial charge is 0.397 e. The molecule has 14 heavy (non-hydrogen) atoms. The summed E-state index contributed by atoms with van der Waals surface area (Å²) in [5.41, 5.74) is 0.753. The SMILES string of the molecule is CCO[SiH](OCC)C1CCCCC1C. The van der Waals surface area contributed by atoms with Gasteiger partial charge in [0.15, 0.2) is 0 Å². The fourth-order valence-corrected chi connectivity index (χ4v) is 4.86. The molecule has 3 heteroatoms. The fourth-order valence-electron chi connectivity index (χ4n) is 2.37. The molecule has 2 nitrogen and oxygen atoms in total. The number of rotatable bonds is 5. The van der Waals surface area contributed by atoms with Gasteiger partial charge >= 0.3 is 9.28 Å². The molecule has 1 saturated carbocycles. The Hall–Kier alpha value is 0.137. The van der Waals surface area contributed by atoms with Crippen LogP contribution in [0.25, 0.3) is 0 Å². The highest BCUT2D eigenvalue weighted by molar-refractivity contribution is 6.46. The molecule has 84 valence electrons. The van der Waals surface area contributed by atoms with Crippen molar-refractivity contribution >= 4 is 9.28 Å². The number of hydrogen-bond acceptors (Lipinski definition) is 2. The first-order chi connectivity index (χ1) is 6.79. The van der Waals surface area contributed by atoms with E-state index in [1.165, 1.54) is 25.7 Å². The van der Waals surface area contributed by atoms with Crippen molar-refractivity contribution in [3.05, 3.63) is 0 Å². The van der Waals surface area contributed by atoms with E-state index in [1.807, 2.05) is 0 Å². The minimum atomic E-state index is -1.37. The zero-order valence-corrected chi connectivity index (χ0v) is 10.9. The highest BCUT2D eigenvalue weighted by atomic mass is 28.3. The molecule has 0 saturated heterocycles. The summed E-state index contributed by atoms with van der Waals surface area (Å²) in [4.78, 5) is 0. The van der Waals surface area contributed by atoms with Crippen LogP contribution in [0, 0.1) is 5.92 Å². The van der Waals surface area contributed by atoms with Gasteiger partial charge in [-0.3, -0.25) is 0 Å². The Balaban J connectivity index is 2.46. The average molecular weight is 216 g/mol. The van der Waals surface area contributed by atoms with E-state index in [-0.39, 0.29) is 0 Å². The molecular formula is C11H24O2Si. The van der Waals surface area contributed by atoms with Gasteiger partial charge in [0.25, 0.3) is 0 Å². The predicted molar refractivity (Wildman–Crippen MR) is 61.8 cm³/mol. The van der Waals surface area contributed by atoms with Gasteiger partial charge in [0, 0.05) is 18.8 Å². The van der Waals surface area contributed by atoms with Crippen molar-refractivity contribution in [2.75, 3.05) is 13.2 Å². The van der Waals surface area contributed by atoms with Crippen molar-refractivity contribution in [3.8, 4) is 0 Å². The summed E-state index contributed by atoms with van der Waals surface area (Å²) in [6.07, 6.45) is 5.47. The van der Waals surface area contributed by atoms with E-state index in [9.17, 15) is 0 Å². The molecule has 1 rings (SSSR count). The minimum absolute atomic E-state index is 0.753. The summed E-state index contributed by atoms with van der Waals surface area (Å²) in [6, 6.07) is 0. The highest BCUT2D eigenvalue weighted by Gasteiger charge is 2.32. The Kier molecular flexibility index (Phi) is 5.75. The first-order valence-electron chi connectivity index (χ1n) is 6.02. The average Bonchev–Trinajstić information content (AvgIpc) is 2.18. The standard InChI is InChI=1S/C11H24O2Si/c1-4-12-14(13-5-2)11-9-7-6-8-10(11)3/h10-11,14H,4-9H2,1-3H3. The van der Waals surface area contributed by atoms with Crippen LogP contribution in [-0.4, -0.2) is 22.5 Å². The van der Waals surface area contributed by atoms with Crippen molar-refractivity contribution in [1.82, 2.24) is 0 Å². The maximum atomic E-state index is 5.81. The Morgan fingerprint density at radius 1 is 1.07 bits per heavy atom. The fraction of sp³-hybridized carbons (Fsp3) is 1.00. The number of hydrogen-bond donors (Lipinski definition) is 0. The second-order valence-corrected chi connectivity index (χ2v) is 6.46. The Labute approximate surface area is 89.8 Å². The van der Waals surface area contributed by atoms with Crippen molar-refractivity contribution in [2.24, 2.45) is 5.92 Å². The lowest BCUT2D eigenvalue weighted by Gasteiger charge is -2.33. The van der Waals surface area contributed by atoms with E-state index in [0.29, 0.717) is 0 Å². The maximum Gasteiger partial charge on any atom is 0.324 e. The molecule has 1 aliphatic rings. The van der Waals surface area contributed by atoms with Gasteiger partial charge in [0.1, 0.15) is 0 Å². The summed E-state index contributed by atoms with van der Waals surface area (Å²) in [5.74, 6) is 0.818. The van der Waals surface area contributed by atoms with E-state index in [1.54, 1.807) is 0 Å². The molecular weight excluding hydrogens is 192 g/mol. The van der Waals surface area contributed by atoms with Crippen LogP contribution in [0.3, 0.4) is 0 Å². The first kappa shape index (κ1) is 12.2. The van der Waals surface area contributed by atoms with Crippen LogP contribution in [0.15, 0.2) is 0 Å². The van der Waals surface area contributed by atoms with Gasteiger partial charge in [0.2, 0.25) is 0 Å². The summed E-state index contributed by atoms with van der Waals surface area (Å²) in [7, 11) is -1.37. The van der Waals surface area contributed by atoms with Gasteiger partial charge in [-0.1, -0.05) is 26.2 Å². The maximum absolute atomic E-state index is 5.81. The third-order valence-electron chi connectivity index (χ3n) is 3.19. The monoisotopic (exact) mass is 216 g/mol. The molecule has 0 bridgehead atoms. The molecule has 0 aromatic heterocycles. The van der Waals surface area contributed by atoms with E-state index < -0.39 is 9.28 Å². The lowest BCUT2D eigenvalue weighted by Crippen LogP contribution is -2.34. The Bertz CT molecular complexity index is 146. The molecule has 1 fully saturated rings. The smallest absolute Gasteiger partial charge is 0.324 e. The third-order valence-corrected chi connectivity index (χ3v) is 6.20. The lowest BCUT2D eigenvalue weighted by atomic mass is 9.90. The topological polar surface area (TPSA) is 18.5 Å². The second kappa shape index (κ2) is 6.59. The molecule has 0 N–H and O–H groups in total. The van der Waals surface area contributed by atoms with Crippen LogP contribution in [0.1, 0.15) is 46.5 Å². The lowest BCUT2D eigenvalue weighted by molar-refractivity contribution is 0.184. The first-order valence-corrected chi connectivity index (χ1v) is 7.63. The molecule has 0 radical (unpaired) electrons. The van der Waals surface area contributed by atoms with E-state index in [4.69, 9.17) is 8.85 Å². The normalized spacial score (nSPS) is 28.3. The highest BCUT2D eigenvalue weighted by Crippen LogP contribution is 2.36. The van der Waals surface area contributed by atoms with Gasteiger partial charge in [-0.2, -0.15) is 0 Å². The minimum Gasteiger partial charge on any atom is -0.397 e. The van der Waals surface area contributed by atoms with Crippen LogP contribution >= 0.6 is 0 Å². The Morgan fingerprint density at radius 2 is 1.64 bits per heavy atom. The molecule has 1 aliphatic carbocycles. The quantitative estimate of drug-likeness (QED) is 0.658. The van der Waals surface area contributed by atoms with Crippen LogP contribution in [0.2, 0.25) is 5.54 Å². The summed E-state index contributed by atoms with van der Waals surface area (Å²) >= 11 is 0. The van der Waals surface area contributed by atoms with Crippen molar-refractivity contribution in [3.63, 3.8) is 0 Å². The van der Waals surface area contributed by atoms with Crippen molar-refractivity contribution < 1.29 is 8.85 Å². The second-order valence-electron chi connectivity index (χ2n) is 4.20. The molecule has 2 atom stereocenters. The predicted octanol–water partition coefficient (Wildman–Crippen LogP) is 2.86. The zero-order valence-electron chi connectivity index (χ0n) is 9.79. The van der Waals surface area contributed by atoms with E-state index in [2.05, 4.69) is 20.8 Å². The third kappa shape index (κ3) is 3.37. The molecule has 0 amide bonds. The van der Waals surface area contributed by atoms with Gasteiger partial charge < -0.3 is 8.85 Å². The summed E-state index contributed by atoms with van der Waals surface area (Å²) in [5, 5.41) is 0. The van der Waals surface area contributed by atoms with Crippen LogP contribution in [-0.2, 0) is 8.85 Å². The molecule has 0 aromatic rings. The molecule has 0 aromatic carbocycles. The molecule has 0 aliphatic heterocycles. The van der Waals surface area contributed by atoms with Crippen molar-refractivity contribution in [1.29, 1.82) is 0 Å². The van der Waals surface area contributed by atoms with Crippen LogP contribution in [0.4, 0.5) is 0 Å². The summed E-state index contributed by atoms with van der Waals surface area (Å²) < 4.78 is 11.6. The van der Waals surface area contributed by atoms with E-state index in [0.717, 1.165) is 24.7 Å². The van der Waals surface area contributed by atoms with Crippen LogP contribution < -0.4 is 0 Å².